The first-order valence-corrected chi connectivity index (χ1v) is 11.2. The van der Waals surface area contributed by atoms with Crippen LogP contribution in [0.4, 0.5) is 0 Å². The van der Waals surface area contributed by atoms with E-state index in [0.717, 1.165) is 50.2 Å². The van der Waals surface area contributed by atoms with Crippen LogP contribution in [0.2, 0.25) is 0 Å². The molecule has 0 fully saturated rings. The molecular weight excluding hydrogens is 406 g/mol. The summed E-state index contributed by atoms with van der Waals surface area (Å²) in [6, 6.07) is 27.9. The van der Waals surface area contributed by atoms with E-state index in [-0.39, 0.29) is 0 Å². The molecule has 4 heterocycles. The van der Waals surface area contributed by atoms with Crippen LogP contribution in [-0.4, -0.2) is 23.2 Å². The minimum Gasteiger partial charge on any atom is -0.276 e. The van der Waals surface area contributed by atoms with Gasteiger partial charge in [0.05, 0.1) is 33.1 Å². The number of rotatable bonds is 1. The van der Waals surface area contributed by atoms with E-state index in [1.54, 1.807) is 0 Å². The van der Waals surface area contributed by atoms with Crippen LogP contribution in [0.5, 0.6) is 0 Å². The molecule has 8 rings (SSSR count). The Labute approximate surface area is 188 Å². The maximum Gasteiger partial charge on any atom is 0.223 e. The lowest BCUT2D eigenvalue weighted by atomic mass is 9.95. The second-order valence-corrected chi connectivity index (χ2v) is 8.94. The minimum absolute atomic E-state index is 0.903. The van der Waals surface area contributed by atoms with Crippen molar-refractivity contribution in [1.29, 1.82) is 0 Å². The van der Waals surface area contributed by atoms with Crippen LogP contribution in [0, 0.1) is 13.8 Å². The van der Waals surface area contributed by atoms with E-state index in [1.165, 1.54) is 22.3 Å². The fraction of sp³-hybridized carbons (Fsp3) is 0.0714. The summed E-state index contributed by atoms with van der Waals surface area (Å²) in [7, 11) is 0. The first kappa shape index (κ1) is 17.2. The lowest BCUT2D eigenvalue weighted by Crippen LogP contribution is -1.91. The molecule has 4 aromatic carbocycles. The molecule has 0 saturated carbocycles. The predicted molar refractivity (Wildman–Crippen MR) is 134 cm³/mol. The number of aryl methyl sites for hydroxylation is 2. The van der Waals surface area contributed by atoms with E-state index in [2.05, 4.69) is 93.8 Å². The van der Waals surface area contributed by atoms with Gasteiger partial charge >= 0.3 is 0 Å². The Morgan fingerprint density at radius 1 is 0.545 bits per heavy atom. The van der Waals surface area contributed by atoms with Gasteiger partial charge in [-0.25, -0.2) is 14.4 Å². The Morgan fingerprint density at radius 3 is 1.61 bits per heavy atom. The minimum atomic E-state index is 0.903. The second-order valence-electron chi connectivity index (χ2n) is 8.94. The summed E-state index contributed by atoms with van der Waals surface area (Å²) < 4.78 is 6.79. The van der Waals surface area contributed by atoms with Gasteiger partial charge < -0.3 is 0 Å². The molecule has 0 saturated heterocycles. The van der Waals surface area contributed by atoms with Gasteiger partial charge in [0, 0.05) is 0 Å². The SMILES string of the molecule is Cc1cccc(C)c1-c1cc2c3c(c1)n1c4ccccc4nc1n3c1nc3ccccc3n21. The van der Waals surface area contributed by atoms with Crippen LogP contribution in [0.3, 0.4) is 0 Å². The maximum absolute atomic E-state index is 5.04. The molecule has 0 N–H and O–H groups in total. The average Bonchev–Trinajstić information content (AvgIpc) is 3.53. The Hall–Kier alpha value is -4.38. The molecule has 156 valence electrons. The molecule has 33 heavy (non-hydrogen) atoms. The molecule has 0 bridgehead atoms. The van der Waals surface area contributed by atoms with Crippen LogP contribution < -0.4 is 0 Å². The highest BCUT2D eigenvalue weighted by Gasteiger charge is 2.24. The zero-order valence-electron chi connectivity index (χ0n) is 18.2. The standard InChI is InChI=1S/C28H19N5/c1-16-8-7-9-17(2)25(16)18-14-23-26-24(15-18)32-22-13-6-4-11-20(22)30-28(32)33(26)27-29-19-10-3-5-12-21(19)31(23)27/h3-15H,1-2H3. The summed E-state index contributed by atoms with van der Waals surface area (Å²) in [5.41, 5.74) is 12.8. The van der Waals surface area contributed by atoms with Crippen LogP contribution in [0.15, 0.2) is 78.9 Å². The molecular formula is C28H19N5. The molecule has 0 aliphatic carbocycles. The van der Waals surface area contributed by atoms with Crippen LogP contribution in [0.25, 0.3) is 61.3 Å². The van der Waals surface area contributed by atoms with E-state index >= 15 is 0 Å². The highest BCUT2D eigenvalue weighted by Crippen LogP contribution is 2.38. The lowest BCUT2D eigenvalue weighted by molar-refractivity contribution is 1.15. The normalized spacial score (nSPS) is 12.5. The van der Waals surface area contributed by atoms with Crippen molar-refractivity contribution in [3.05, 3.63) is 90.0 Å². The summed E-state index contributed by atoms with van der Waals surface area (Å²) in [4.78, 5) is 10.1. The Bertz CT molecular complexity index is 1910. The van der Waals surface area contributed by atoms with E-state index in [1.807, 2.05) is 12.1 Å². The zero-order valence-corrected chi connectivity index (χ0v) is 18.2. The van der Waals surface area contributed by atoms with Crippen molar-refractivity contribution in [2.75, 3.05) is 0 Å². The molecule has 0 aliphatic heterocycles. The summed E-state index contributed by atoms with van der Waals surface area (Å²) in [6.45, 7) is 4.38. The molecule has 5 heteroatoms. The van der Waals surface area contributed by atoms with Gasteiger partial charge in [0.2, 0.25) is 11.6 Å². The summed E-state index contributed by atoms with van der Waals surface area (Å²) >= 11 is 0. The number of benzene rings is 4. The Morgan fingerprint density at radius 2 is 1.06 bits per heavy atom. The molecule has 0 aliphatic rings. The van der Waals surface area contributed by atoms with Crippen molar-refractivity contribution in [3.8, 4) is 11.1 Å². The van der Waals surface area contributed by atoms with Gasteiger partial charge in [0.1, 0.15) is 5.52 Å². The molecule has 0 unspecified atom stereocenters. The predicted octanol–water partition coefficient (Wildman–Crippen LogP) is 6.42. The van der Waals surface area contributed by atoms with Crippen molar-refractivity contribution >= 4 is 50.2 Å². The highest BCUT2D eigenvalue weighted by molar-refractivity contribution is 6.06. The van der Waals surface area contributed by atoms with Gasteiger partial charge in [-0.2, -0.15) is 0 Å². The van der Waals surface area contributed by atoms with Gasteiger partial charge in [0.15, 0.2) is 0 Å². The van der Waals surface area contributed by atoms with Gasteiger partial charge in [-0.1, -0.05) is 42.5 Å². The van der Waals surface area contributed by atoms with Crippen LogP contribution >= 0.6 is 0 Å². The first-order valence-electron chi connectivity index (χ1n) is 11.2. The largest absolute Gasteiger partial charge is 0.276 e. The molecule has 0 amide bonds. The van der Waals surface area contributed by atoms with Crippen molar-refractivity contribution in [2.45, 2.75) is 13.8 Å². The number of aromatic nitrogens is 5. The quantitative estimate of drug-likeness (QED) is 0.305. The highest BCUT2D eigenvalue weighted by atomic mass is 15.3. The Kier molecular flexibility index (Phi) is 2.97. The molecule has 5 nitrogen and oxygen atoms in total. The first-order chi connectivity index (χ1) is 16.2. The third-order valence-electron chi connectivity index (χ3n) is 7.03. The number of fused-ring (bicyclic) bond motifs is 10. The number of hydrogen-bond donors (Lipinski definition) is 0. The van der Waals surface area contributed by atoms with Crippen molar-refractivity contribution in [3.63, 3.8) is 0 Å². The fourth-order valence-electron chi connectivity index (χ4n) is 5.68. The fourth-order valence-corrected chi connectivity index (χ4v) is 5.68. The average molecular weight is 425 g/mol. The van der Waals surface area contributed by atoms with Gasteiger partial charge in [0.25, 0.3) is 0 Å². The Balaban J connectivity index is 1.70. The molecule has 8 aromatic rings. The van der Waals surface area contributed by atoms with Crippen molar-refractivity contribution in [2.24, 2.45) is 0 Å². The van der Waals surface area contributed by atoms with Crippen LogP contribution in [0.1, 0.15) is 11.1 Å². The monoisotopic (exact) mass is 425 g/mol. The molecule has 4 aromatic heterocycles. The van der Waals surface area contributed by atoms with E-state index in [4.69, 9.17) is 9.97 Å². The number of nitrogens with zero attached hydrogens (tertiary/aromatic N) is 5. The summed E-state index contributed by atoms with van der Waals surface area (Å²) in [6.07, 6.45) is 0. The maximum atomic E-state index is 5.04. The van der Waals surface area contributed by atoms with E-state index in [0.29, 0.717) is 0 Å². The second kappa shape index (κ2) is 5.70. The number of hydrogen-bond acceptors (Lipinski definition) is 2. The van der Waals surface area contributed by atoms with Gasteiger partial charge in [-0.05, 0) is 72.5 Å². The van der Waals surface area contributed by atoms with Gasteiger partial charge in [-0.3, -0.25) is 8.80 Å². The van der Waals surface area contributed by atoms with Crippen LogP contribution in [-0.2, 0) is 0 Å². The van der Waals surface area contributed by atoms with E-state index in [9.17, 15) is 0 Å². The third kappa shape index (κ3) is 1.98. The zero-order chi connectivity index (χ0) is 21.8. The molecule has 0 radical (unpaired) electrons. The van der Waals surface area contributed by atoms with Crippen molar-refractivity contribution in [1.82, 2.24) is 23.2 Å². The topological polar surface area (TPSA) is 39.0 Å². The lowest BCUT2D eigenvalue weighted by Gasteiger charge is -2.11. The third-order valence-corrected chi connectivity index (χ3v) is 7.03. The summed E-state index contributed by atoms with van der Waals surface area (Å²) in [5, 5.41) is 0. The number of imidazole rings is 4. The van der Waals surface area contributed by atoms with Crippen molar-refractivity contribution < 1.29 is 0 Å². The van der Waals surface area contributed by atoms with Gasteiger partial charge in [-0.15, -0.1) is 0 Å². The molecule has 0 spiro atoms. The summed E-state index contributed by atoms with van der Waals surface area (Å²) in [5.74, 6) is 1.81. The van der Waals surface area contributed by atoms with E-state index < -0.39 is 0 Å². The smallest absolute Gasteiger partial charge is 0.223 e. The number of para-hydroxylation sites is 4. The molecule has 0 atom stereocenters.